The second-order valence-electron chi connectivity index (χ2n) is 3.38. The molecule has 78 valence electrons. The van der Waals surface area contributed by atoms with Gasteiger partial charge in [0.1, 0.15) is 5.69 Å². The van der Waals surface area contributed by atoms with E-state index in [1.807, 2.05) is 6.92 Å². The van der Waals surface area contributed by atoms with Crippen LogP contribution in [0.5, 0.6) is 5.75 Å². The van der Waals surface area contributed by atoms with E-state index >= 15 is 0 Å². The highest BCUT2D eigenvalue weighted by atomic mass is 16.5. The van der Waals surface area contributed by atoms with Crippen LogP contribution in [0.15, 0.2) is 0 Å². The fourth-order valence-electron chi connectivity index (χ4n) is 1.48. The molecular formula is C10H10N2O3. The first-order valence-electron chi connectivity index (χ1n) is 4.52. The molecule has 0 unspecified atom stereocenters. The van der Waals surface area contributed by atoms with Crippen LogP contribution in [-0.2, 0) is 4.79 Å². The van der Waals surface area contributed by atoms with Crippen LogP contribution in [0, 0.1) is 13.8 Å². The smallest absolute Gasteiger partial charge is 0.263 e. The van der Waals surface area contributed by atoms with E-state index in [0.717, 1.165) is 11.1 Å². The van der Waals surface area contributed by atoms with Gasteiger partial charge >= 0.3 is 0 Å². The Hall–Kier alpha value is -1.91. The van der Waals surface area contributed by atoms with Gasteiger partial charge in [-0.25, -0.2) is 4.98 Å². The van der Waals surface area contributed by atoms with Gasteiger partial charge in [-0.1, -0.05) is 0 Å². The predicted octanol–water partition coefficient (Wildman–Crippen LogP) is 0.842. The first-order chi connectivity index (χ1) is 7.13. The fourth-order valence-corrected chi connectivity index (χ4v) is 1.48. The van der Waals surface area contributed by atoms with E-state index in [1.165, 1.54) is 0 Å². The molecule has 0 saturated carbocycles. The number of fused-ring (bicyclic) bond motifs is 1. The third-order valence-corrected chi connectivity index (χ3v) is 2.45. The summed E-state index contributed by atoms with van der Waals surface area (Å²) >= 11 is 0. The number of nitrogens with one attached hydrogen (secondary N) is 1. The lowest BCUT2D eigenvalue weighted by atomic mass is 10.1. The summed E-state index contributed by atoms with van der Waals surface area (Å²) in [6, 6.07) is 0. The molecule has 0 fully saturated rings. The Bertz CT molecular complexity index is 454. The van der Waals surface area contributed by atoms with Gasteiger partial charge in [-0.05, 0) is 19.4 Å². The van der Waals surface area contributed by atoms with Gasteiger partial charge in [0.05, 0.1) is 0 Å². The van der Waals surface area contributed by atoms with Crippen molar-refractivity contribution in [3.05, 3.63) is 16.8 Å². The van der Waals surface area contributed by atoms with Gasteiger partial charge in [-0.15, -0.1) is 0 Å². The SMILES string of the molecule is Cc1c(C=O)nc2c(c1C)OCC(=O)N2. The van der Waals surface area contributed by atoms with Crippen molar-refractivity contribution < 1.29 is 14.3 Å². The molecule has 1 aromatic rings. The summed E-state index contributed by atoms with van der Waals surface area (Å²) in [6.45, 7) is 3.63. The van der Waals surface area contributed by atoms with Crippen molar-refractivity contribution in [2.75, 3.05) is 11.9 Å². The molecule has 1 amide bonds. The second-order valence-corrected chi connectivity index (χ2v) is 3.38. The molecule has 1 aliphatic heterocycles. The van der Waals surface area contributed by atoms with Crippen molar-refractivity contribution >= 4 is 18.0 Å². The Labute approximate surface area is 86.5 Å². The summed E-state index contributed by atoms with van der Waals surface area (Å²) in [5.41, 5.74) is 1.94. The molecule has 1 aromatic heterocycles. The molecule has 0 saturated heterocycles. The van der Waals surface area contributed by atoms with Crippen molar-refractivity contribution in [3.63, 3.8) is 0 Å². The van der Waals surface area contributed by atoms with Crippen molar-refractivity contribution in [2.24, 2.45) is 0 Å². The molecule has 2 rings (SSSR count). The van der Waals surface area contributed by atoms with Crippen molar-refractivity contribution in [1.82, 2.24) is 4.98 Å². The normalized spacial score (nSPS) is 13.9. The van der Waals surface area contributed by atoms with E-state index in [9.17, 15) is 9.59 Å². The maximum absolute atomic E-state index is 11.1. The van der Waals surface area contributed by atoms with Crippen LogP contribution >= 0.6 is 0 Å². The van der Waals surface area contributed by atoms with Gasteiger partial charge in [0, 0.05) is 5.56 Å². The number of anilines is 1. The molecule has 0 aromatic carbocycles. The highest BCUT2D eigenvalue weighted by molar-refractivity contribution is 5.95. The number of hydrogen-bond acceptors (Lipinski definition) is 4. The van der Waals surface area contributed by atoms with Crippen LogP contribution in [0.3, 0.4) is 0 Å². The highest BCUT2D eigenvalue weighted by Crippen LogP contribution is 2.32. The number of carbonyl (C=O) groups is 2. The second kappa shape index (κ2) is 3.34. The average molecular weight is 206 g/mol. The Morgan fingerprint density at radius 1 is 1.40 bits per heavy atom. The number of nitrogens with zero attached hydrogens (tertiary/aromatic N) is 1. The number of pyridine rings is 1. The van der Waals surface area contributed by atoms with Gasteiger partial charge < -0.3 is 10.1 Å². The summed E-state index contributed by atoms with van der Waals surface area (Å²) in [6.07, 6.45) is 0.670. The van der Waals surface area contributed by atoms with E-state index in [2.05, 4.69) is 10.3 Å². The molecule has 15 heavy (non-hydrogen) atoms. The van der Waals surface area contributed by atoms with Gasteiger partial charge in [0.15, 0.2) is 24.5 Å². The lowest BCUT2D eigenvalue weighted by Crippen LogP contribution is -2.27. The van der Waals surface area contributed by atoms with E-state index < -0.39 is 0 Å². The summed E-state index contributed by atoms with van der Waals surface area (Å²) in [4.78, 5) is 25.8. The van der Waals surface area contributed by atoms with Gasteiger partial charge in [-0.2, -0.15) is 0 Å². The van der Waals surface area contributed by atoms with Gasteiger partial charge in [0.2, 0.25) is 0 Å². The molecule has 0 bridgehead atoms. The molecule has 2 heterocycles. The van der Waals surface area contributed by atoms with Crippen LogP contribution in [0.2, 0.25) is 0 Å². The van der Waals surface area contributed by atoms with Gasteiger partial charge in [-0.3, -0.25) is 9.59 Å². The van der Waals surface area contributed by atoms with Crippen LogP contribution in [0.25, 0.3) is 0 Å². The van der Waals surface area contributed by atoms with E-state index in [-0.39, 0.29) is 12.5 Å². The number of carbonyl (C=O) groups excluding carboxylic acids is 2. The Morgan fingerprint density at radius 2 is 2.13 bits per heavy atom. The Balaban J connectivity index is 2.62. The van der Waals surface area contributed by atoms with Crippen LogP contribution in [0.1, 0.15) is 21.6 Å². The number of ether oxygens (including phenoxy) is 1. The topological polar surface area (TPSA) is 68.3 Å². The minimum atomic E-state index is -0.255. The van der Waals surface area contributed by atoms with E-state index in [4.69, 9.17) is 4.74 Å². The number of aldehydes is 1. The molecule has 5 nitrogen and oxygen atoms in total. The Morgan fingerprint density at radius 3 is 2.80 bits per heavy atom. The maximum Gasteiger partial charge on any atom is 0.263 e. The van der Waals surface area contributed by atoms with Gasteiger partial charge in [0.25, 0.3) is 5.91 Å². The molecule has 0 spiro atoms. The monoisotopic (exact) mass is 206 g/mol. The number of amides is 1. The number of rotatable bonds is 1. The fraction of sp³-hybridized carbons (Fsp3) is 0.300. The molecular weight excluding hydrogens is 196 g/mol. The highest BCUT2D eigenvalue weighted by Gasteiger charge is 2.22. The standard InChI is InChI=1S/C10H10N2O3/c1-5-6(2)9-10(11-7(5)3-13)12-8(14)4-15-9/h3H,4H2,1-2H3,(H,11,12,14). The molecule has 0 atom stereocenters. The quantitative estimate of drug-likeness (QED) is 0.691. The number of hydrogen-bond donors (Lipinski definition) is 1. The van der Waals surface area contributed by atoms with Crippen molar-refractivity contribution in [1.29, 1.82) is 0 Å². The molecule has 1 N–H and O–H groups in total. The minimum Gasteiger partial charge on any atom is -0.480 e. The number of aromatic nitrogens is 1. The average Bonchev–Trinajstić information content (AvgIpc) is 2.23. The Kier molecular flexibility index (Phi) is 2.15. The minimum absolute atomic E-state index is 0.00457. The summed E-state index contributed by atoms with van der Waals surface area (Å²) < 4.78 is 5.26. The van der Waals surface area contributed by atoms with Crippen LogP contribution in [-0.4, -0.2) is 23.8 Å². The van der Waals surface area contributed by atoms with Crippen LogP contribution < -0.4 is 10.1 Å². The lowest BCUT2D eigenvalue weighted by Gasteiger charge is -2.20. The molecule has 5 heteroatoms. The van der Waals surface area contributed by atoms with Crippen molar-refractivity contribution in [2.45, 2.75) is 13.8 Å². The zero-order valence-corrected chi connectivity index (χ0v) is 8.46. The van der Waals surface area contributed by atoms with Crippen molar-refractivity contribution in [3.8, 4) is 5.75 Å². The first kappa shape index (κ1) is 9.64. The van der Waals surface area contributed by atoms with E-state index in [1.54, 1.807) is 6.92 Å². The molecule has 1 aliphatic rings. The maximum atomic E-state index is 11.1. The predicted molar refractivity (Wildman–Crippen MR) is 53.2 cm³/mol. The lowest BCUT2D eigenvalue weighted by molar-refractivity contribution is -0.118. The molecule has 0 radical (unpaired) electrons. The molecule has 0 aliphatic carbocycles. The zero-order valence-electron chi connectivity index (χ0n) is 8.46. The third-order valence-electron chi connectivity index (χ3n) is 2.45. The first-order valence-corrected chi connectivity index (χ1v) is 4.52. The van der Waals surface area contributed by atoms with Crippen LogP contribution in [0.4, 0.5) is 5.82 Å². The van der Waals surface area contributed by atoms with E-state index in [0.29, 0.717) is 23.5 Å². The largest absolute Gasteiger partial charge is 0.480 e. The summed E-state index contributed by atoms with van der Waals surface area (Å²) in [7, 11) is 0. The summed E-state index contributed by atoms with van der Waals surface area (Å²) in [5, 5.41) is 2.57. The third kappa shape index (κ3) is 1.45. The summed E-state index contributed by atoms with van der Waals surface area (Å²) in [5.74, 6) is 0.629. The zero-order chi connectivity index (χ0) is 11.0.